The summed E-state index contributed by atoms with van der Waals surface area (Å²) in [5.74, 6) is 3.15. The van der Waals surface area contributed by atoms with Crippen molar-refractivity contribution >= 4 is 21.7 Å². The molecule has 0 aromatic heterocycles. The van der Waals surface area contributed by atoms with E-state index in [4.69, 9.17) is 9.47 Å². The van der Waals surface area contributed by atoms with Crippen LogP contribution in [0.2, 0.25) is 0 Å². The molecule has 3 nitrogen and oxygen atoms in total. The van der Waals surface area contributed by atoms with Crippen LogP contribution in [0.5, 0.6) is 11.5 Å². The van der Waals surface area contributed by atoms with E-state index < -0.39 is 0 Å². The molecule has 1 aromatic carbocycles. The number of fused-ring (bicyclic) bond motifs is 1. The number of unbranched alkanes of at least 4 members (excludes halogenated alkanes) is 1. The third-order valence-corrected chi connectivity index (χ3v) is 5.28. The molecule has 2 fully saturated rings. The molecule has 0 saturated heterocycles. The molecule has 23 heavy (non-hydrogen) atoms. The highest BCUT2D eigenvalue weighted by molar-refractivity contribution is 9.09. The quantitative estimate of drug-likeness (QED) is 0.386. The van der Waals surface area contributed by atoms with Crippen LogP contribution >= 0.6 is 15.9 Å². The molecule has 0 N–H and O–H groups in total. The number of carbonyl (C=O) groups is 1. The number of carbonyl (C=O) groups excluding carboxylic acids is 1. The van der Waals surface area contributed by atoms with Gasteiger partial charge >= 0.3 is 0 Å². The second kappa shape index (κ2) is 6.31. The van der Waals surface area contributed by atoms with Crippen molar-refractivity contribution in [3.05, 3.63) is 35.1 Å². The highest BCUT2D eigenvalue weighted by Crippen LogP contribution is 2.52. The fourth-order valence-electron chi connectivity index (χ4n) is 3.27. The first-order chi connectivity index (χ1) is 11.3. The minimum atomic E-state index is 0.0323. The van der Waals surface area contributed by atoms with Gasteiger partial charge in [0, 0.05) is 5.33 Å². The molecule has 2 aliphatic carbocycles. The first-order valence-electron chi connectivity index (χ1n) is 8.58. The van der Waals surface area contributed by atoms with Crippen LogP contribution in [-0.4, -0.2) is 17.7 Å². The first kappa shape index (κ1) is 15.3. The van der Waals surface area contributed by atoms with Gasteiger partial charge < -0.3 is 9.47 Å². The molecule has 0 radical (unpaired) electrons. The maximum atomic E-state index is 12.9. The maximum Gasteiger partial charge on any atom is 0.235 e. The summed E-state index contributed by atoms with van der Waals surface area (Å²) in [7, 11) is 0. The smallest absolute Gasteiger partial charge is 0.235 e. The largest absolute Gasteiger partial charge is 0.493 e. The van der Waals surface area contributed by atoms with Gasteiger partial charge in [0.1, 0.15) is 17.1 Å². The van der Waals surface area contributed by atoms with Crippen LogP contribution in [0, 0.1) is 11.8 Å². The molecule has 2 saturated carbocycles. The number of Topliss-reactive ketones (excluding diaryl/α,β-unsaturated/α-hetero) is 1. The summed E-state index contributed by atoms with van der Waals surface area (Å²) in [5, 5.41) is 0.977. The topological polar surface area (TPSA) is 35.5 Å². The number of ether oxygens (including phenoxy) is 2. The van der Waals surface area contributed by atoms with Gasteiger partial charge in [-0.1, -0.05) is 22.0 Å². The van der Waals surface area contributed by atoms with Crippen LogP contribution < -0.4 is 9.47 Å². The third kappa shape index (κ3) is 3.06. The van der Waals surface area contributed by atoms with Gasteiger partial charge in [-0.05, 0) is 68.1 Å². The molecule has 1 aliphatic heterocycles. The van der Waals surface area contributed by atoms with E-state index in [9.17, 15) is 4.79 Å². The van der Waals surface area contributed by atoms with E-state index in [0.717, 1.165) is 18.2 Å². The molecule has 3 aliphatic rings. The number of hydrogen-bond acceptors (Lipinski definition) is 3. The highest BCUT2D eigenvalue weighted by atomic mass is 79.9. The van der Waals surface area contributed by atoms with Crippen LogP contribution in [0.25, 0.3) is 0 Å². The van der Waals surface area contributed by atoms with Crippen molar-refractivity contribution in [3.8, 4) is 11.5 Å². The summed E-state index contributed by atoms with van der Waals surface area (Å²) in [6, 6.07) is 5.66. The monoisotopic (exact) mass is 376 g/mol. The number of halogens is 1. The second-order valence-electron chi connectivity index (χ2n) is 6.64. The Hall–Kier alpha value is -1.29. The summed E-state index contributed by atoms with van der Waals surface area (Å²) >= 11 is 3.42. The van der Waals surface area contributed by atoms with Crippen LogP contribution in [-0.2, 0) is 0 Å². The fraction of sp³-hybridized carbons (Fsp3) is 0.526. The van der Waals surface area contributed by atoms with E-state index in [1.54, 1.807) is 0 Å². The molecular formula is C19H21BrO3. The molecule has 0 bridgehead atoms. The van der Waals surface area contributed by atoms with Crippen molar-refractivity contribution in [2.24, 2.45) is 11.8 Å². The number of alkyl halides is 1. The van der Waals surface area contributed by atoms with Gasteiger partial charge in [-0.2, -0.15) is 0 Å². The van der Waals surface area contributed by atoms with Crippen LogP contribution in [0.3, 0.4) is 0 Å². The van der Waals surface area contributed by atoms with Crippen LogP contribution in [0.15, 0.2) is 29.5 Å². The molecule has 1 aromatic rings. The lowest BCUT2D eigenvalue weighted by atomic mass is 10.0. The van der Waals surface area contributed by atoms with Gasteiger partial charge in [0.15, 0.2) is 5.76 Å². The Morgan fingerprint density at radius 3 is 2.57 bits per heavy atom. The molecule has 0 atom stereocenters. The van der Waals surface area contributed by atoms with E-state index in [1.807, 2.05) is 18.2 Å². The zero-order valence-corrected chi connectivity index (χ0v) is 14.7. The molecule has 1 heterocycles. The third-order valence-electron chi connectivity index (χ3n) is 4.72. The molecular weight excluding hydrogens is 356 g/mol. The molecule has 0 amide bonds. The van der Waals surface area contributed by atoms with Gasteiger partial charge in [0.2, 0.25) is 5.78 Å². The molecule has 4 rings (SSSR count). The predicted molar refractivity (Wildman–Crippen MR) is 92.4 cm³/mol. The van der Waals surface area contributed by atoms with Crippen molar-refractivity contribution in [2.45, 2.75) is 38.5 Å². The van der Waals surface area contributed by atoms with Gasteiger partial charge in [-0.15, -0.1) is 0 Å². The Kier molecular flexibility index (Phi) is 4.18. The fourth-order valence-corrected chi connectivity index (χ4v) is 3.67. The number of allylic oxidation sites excluding steroid dienone is 2. The Bertz CT molecular complexity index is 643. The lowest BCUT2D eigenvalue weighted by molar-refractivity contribution is 0.101. The lowest BCUT2D eigenvalue weighted by Crippen LogP contribution is -2.08. The Balaban J connectivity index is 1.60. The van der Waals surface area contributed by atoms with Crippen molar-refractivity contribution in [1.82, 2.24) is 0 Å². The lowest BCUT2D eigenvalue weighted by Gasteiger charge is -2.08. The van der Waals surface area contributed by atoms with E-state index in [-0.39, 0.29) is 5.78 Å². The summed E-state index contributed by atoms with van der Waals surface area (Å²) < 4.78 is 11.9. The normalized spacial score (nSPS) is 19.5. The minimum Gasteiger partial charge on any atom is -0.493 e. The SMILES string of the molecule is O=C1C(=C(C2CC2)C2CC2)Oc2cccc(OCCCCBr)c21. The average molecular weight is 377 g/mol. The average Bonchev–Trinajstić information content (AvgIpc) is 3.45. The number of benzene rings is 1. The molecule has 0 spiro atoms. The number of hydrogen-bond donors (Lipinski definition) is 0. The van der Waals surface area contributed by atoms with Crippen molar-refractivity contribution in [1.29, 1.82) is 0 Å². The zero-order valence-electron chi connectivity index (χ0n) is 13.1. The molecule has 4 heteroatoms. The minimum absolute atomic E-state index is 0.0323. The number of ketones is 1. The summed E-state index contributed by atoms with van der Waals surface area (Å²) in [6.45, 7) is 0.631. The van der Waals surface area contributed by atoms with Crippen molar-refractivity contribution < 1.29 is 14.3 Å². The maximum absolute atomic E-state index is 12.9. The van der Waals surface area contributed by atoms with Gasteiger partial charge in [0.05, 0.1) is 6.61 Å². The molecule has 122 valence electrons. The van der Waals surface area contributed by atoms with E-state index in [0.29, 0.717) is 41.3 Å². The standard InChI is InChI=1S/C19H21BrO3/c20-10-1-2-11-22-14-4-3-5-15-17(14)18(21)19(23-15)16(12-6-7-12)13-8-9-13/h3-5,12-13H,1-2,6-11H2. The first-order valence-corrected chi connectivity index (χ1v) is 9.70. The van der Waals surface area contributed by atoms with E-state index in [1.165, 1.54) is 31.3 Å². The molecule has 0 unspecified atom stereocenters. The summed E-state index contributed by atoms with van der Waals surface area (Å²) in [5.41, 5.74) is 1.91. The van der Waals surface area contributed by atoms with E-state index in [2.05, 4.69) is 15.9 Å². The van der Waals surface area contributed by atoms with Crippen LogP contribution in [0.4, 0.5) is 0 Å². The second-order valence-corrected chi connectivity index (χ2v) is 7.43. The van der Waals surface area contributed by atoms with Gasteiger partial charge in [-0.3, -0.25) is 4.79 Å². The highest BCUT2D eigenvalue weighted by Gasteiger charge is 2.44. The van der Waals surface area contributed by atoms with Gasteiger partial charge in [0.25, 0.3) is 0 Å². The van der Waals surface area contributed by atoms with Crippen molar-refractivity contribution in [2.75, 3.05) is 11.9 Å². The van der Waals surface area contributed by atoms with Gasteiger partial charge in [-0.25, -0.2) is 0 Å². The Morgan fingerprint density at radius 2 is 1.91 bits per heavy atom. The zero-order chi connectivity index (χ0) is 15.8. The number of rotatable bonds is 7. The Morgan fingerprint density at radius 1 is 1.17 bits per heavy atom. The predicted octanol–water partition coefficient (Wildman–Crippen LogP) is 4.89. The summed E-state index contributed by atoms with van der Waals surface area (Å²) in [6.07, 6.45) is 6.87. The summed E-state index contributed by atoms with van der Waals surface area (Å²) in [4.78, 5) is 12.9. The van der Waals surface area contributed by atoms with E-state index >= 15 is 0 Å². The Labute approximate surface area is 145 Å². The van der Waals surface area contributed by atoms with Crippen LogP contribution in [0.1, 0.15) is 48.9 Å². The van der Waals surface area contributed by atoms with Crippen molar-refractivity contribution in [3.63, 3.8) is 0 Å².